The first-order chi connectivity index (χ1) is 11.2. The number of para-hydroxylation sites is 1. The van der Waals surface area contributed by atoms with Gasteiger partial charge in [0.1, 0.15) is 0 Å². The summed E-state index contributed by atoms with van der Waals surface area (Å²) in [5.74, 6) is -4.21. The molecule has 2 heterocycles. The minimum Gasteiger partial charge on any atom is -0.445 e. The van der Waals surface area contributed by atoms with Crippen LogP contribution in [0.5, 0.6) is 0 Å². The van der Waals surface area contributed by atoms with Crippen LogP contribution in [0.1, 0.15) is 6.42 Å². The Labute approximate surface area is 133 Å². The predicted molar refractivity (Wildman–Crippen MR) is 76.0 cm³/mol. The number of benzene rings is 1. The van der Waals surface area contributed by atoms with Crippen molar-refractivity contribution in [3.05, 3.63) is 30.5 Å². The van der Waals surface area contributed by atoms with Crippen molar-refractivity contribution in [1.82, 2.24) is 4.57 Å². The van der Waals surface area contributed by atoms with Crippen molar-refractivity contribution < 1.29 is 32.3 Å². The van der Waals surface area contributed by atoms with Gasteiger partial charge in [0.15, 0.2) is 6.10 Å². The number of carbonyl (C=O) groups is 3. The van der Waals surface area contributed by atoms with Crippen LogP contribution in [0, 0.1) is 0 Å². The fourth-order valence-corrected chi connectivity index (χ4v) is 2.64. The second kappa shape index (κ2) is 5.36. The number of anilines is 1. The van der Waals surface area contributed by atoms with Crippen LogP contribution in [0.3, 0.4) is 0 Å². The van der Waals surface area contributed by atoms with Crippen LogP contribution in [0.4, 0.5) is 18.9 Å². The van der Waals surface area contributed by atoms with Crippen LogP contribution >= 0.6 is 0 Å². The van der Waals surface area contributed by atoms with Crippen LogP contribution in [-0.2, 0) is 26.2 Å². The lowest BCUT2D eigenvalue weighted by Gasteiger charge is -2.14. The highest BCUT2D eigenvalue weighted by Crippen LogP contribution is 2.33. The quantitative estimate of drug-likeness (QED) is 0.619. The number of carbonyl (C=O) groups excluding carboxylic acids is 3. The van der Waals surface area contributed by atoms with E-state index in [0.29, 0.717) is 5.39 Å². The molecule has 1 saturated heterocycles. The molecule has 0 N–H and O–H groups in total. The summed E-state index contributed by atoms with van der Waals surface area (Å²) in [5.41, 5.74) is 0.984. The normalized spacial score (nSPS) is 18.5. The molecule has 0 saturated carbocycles. The lowest BCUT2D eigenvalue weighted by atomic mass is 10.2. The third kappa shape index (κ3) is 2.51. The number of imide groups is 1. The smallest absolute Gasteiger partial charge is 0.445 e. The molecule has 2 aromatic rings. The summed E-state index contributed by atoms with van der Waals surface area (Å²) >= 11 is 0. The molecule has 0 aliphatic carbocycles. The maximum Gasteiger partial charge on any atom is 0.490 e. The van der Waals surface area contributed by atoms with Crippen LogP contribution in [0.2, 0.25) is 0 Å². The fourth-order valence-electron chi connectivity index (χ4n) is 2.64. The molecule has 1 aliphatic heterocycles. The lowest BCUT2D eigenvalue weighted by molar-refractivity contribution is -0.204. The van der Waals surface area contributed by atoms with E-state index in [9.17, 15) is 27.6 Å². The monoisotopic (exact) mass is 340 g/mol. The molecule has 1 unspecified atom stereocenters. The second-order valence-electron chi connectivity index (χ2n) is 5.31. The second-order valence-corrected chi connectivity index (χ2v) is 5.31. The number of halogens is 3. The molecule has 1 aromatic heterocycles. The van der Waals surface area contributed by atoms with E-state index in [4.69, 9.17) is 0 Å². The molecular formula is C15H11F3N2O4. The standard InChI is InChI=1S/C15H11F3N2O4/c1-19-7-10(8-4-2-3-5-9(8)19)20-12(21)6-11(13(20)22)24-14(23)15(16,17)18/h2-5,7,11H,6H2,1H3. The van der Waals surface area contributed by atoms with E-state index >= 15 is 0 Å². The maximum atomic E-state index is 12.3. The Morgan fingerprint density at radius 2 is 1.92 bits per heavy atom. The van der Waals surface area contributed by atoms with Gasteiger partial charge in [-0.15, -0.1) is 0 Å². The van der Waals surface area contributed by atoms with Crippen molar-refractivity contribution in [3.63, 3.8) is 0 Å². The number of amides is 2. The number of nitrogens with zero attached hydrogens (tertiary/aromatic N) is 2. The number of alkyl halides is 3. The number of fused-ring (bicyclic) bond motifs is 1. The van der Waals surface area contributed by atoms with Gasteiger partial charge >= 0.3 is 12.1 Å². The molecule has 1 aliphatic rings. The van der Waals surface area contributed by atoms with E-state index in [-0.39, 0.29) is 5.69 Å². The van der Waals surface area contributed by atoms with Gasteiger partial charge in [-0.2, -0.15) is 13.2 Å². The number of rotatable bonds is 2. The molecule has 9 heteroatoms. The van der Waals surface area contributed by atoms with Gasteiger partial charge in [0.2, 0.25) is 5.91 Å². The van der Waals surface area contributed by atoms with Crippen molar-refractivity contribution in [1.29, 1.82) is 0 Å². The number of ether oxygens (including phenoxy) is 1. The molecule has 24 heavy (non-hydrogen) atoms. The third-order valence-electron chi connectivity index (χ3n) is 3.70. The molecule has 0 spiro atoms. The van der Waals surface area contributed by atoms with Gasteiger partial charge < -0.3 is 9.30 Å². The zero-order valence-corrected chi connectivity index (χ0v) is 12.3. The van der Waals surface area contributed by atoms with Crippen molar-refractivity contribution in [2.75, 3.05) is 4.90 Å². The molecule has 3 rings (SSSR count). The highest BCUT2D eigenvalue weighted by Gasteiger charge is 2.48. The van der Waals surface area contributed by atoms with E-state index in [2.05, 4.69) is 4.74 Å². The molecule has 1 atom stereocenters. The Kier molecular flexibility index (Phi) is 3.58. The first-order valence-electron chi connectivity index (χ1n) is 6.89. The summed E-state index contributed by atoms with van der Waals surface area (Å²) in [6.45, 7) is 0. The van der Waals surface area contributed by atoms with Gasteiger partial charge in [0.25, 0.3) is 5.91 Å². The van der Waals surface area contributed by atoms with Crippen LogP contribution in [-0.4, -0.2) is 34.6 Å². The number of aryl methyl sites for hydroxylation is 1. The van der Waals surface area contributed by atoms with Gasteiger partial charge in [-0.25, -0.2) is 9.69 Å². The van der Waals surface area contributed by atoms with E-state index < -0.39 is 36.5 Å². The largest absolute Gasteiger partial charge is 0.490 e. The number of aromatic nitrogens is 1. The highest BCUT2D eigenvalue weighted by atomic mass is 19.4. The lowest BCUT2D eigenvalue weighted by Crippen LogP contribution is -2.36. The summed E-state index contributed by atoms with van der Waals surface area (Å²) in [7, 11) is 1.71. The average molecular weight is 340 g/mol. The Morgan fingerprint density at radius 1 is 1.25 bits per heavy atom. The van der Waals surface area contributed by atoms with Crippen molar-refractivity contribution in [3.8, 4) is 0 Å². The average Bonchev–Trinajstić information content (AvgIpc) is 2.96. The zero-order valence-electron chi connectivity index (χ0n) is 12.3. The van der Waals surface area contributed by atoms with Crippen LogP contribution < -0.4 is 4.90 Å². The fraction of sp³-hybridized carbons (Fsp3) is 0.267. The van der Waals surface area contributed by atoms with Gasteiger partial charge in [-0.05, 0) is 6.07 Å². The Bertz CT molecular complexity index is 856. The van der Waals surface area contributed by atoms with Gasteiger partial charge in [-0.3, -0.25) is 9.59 Å². The summed E-state index contributed by atoms with van der Waals surface area (Å²) < 4.78 is 42.6. The summed E-state index contributed by atoms with van der Waals surface area (Å²) in [6, 6.07) is 6.93. The van der Waals surface area contributed by atoms with Crippen molar-refractivity contribution in [2.45, 2.75) is 18.7 Å². The van der Waals surface area contributed by atoms with Gasteiger partial charge in [0.05, 0.1) is 12.1 Å². The summed E-state index contributed by atoms with van der Waals surface area (Å²) in [4.78, 5) is 36.0. The Hall–Kier alpha value is -2.84. The number of esters is 1. The van der Waals surface area contributed by atoms with Gasteiger partial charge in [0, 0.05) is 24.1 Å². The summed E-state index contributed by atoms with van der Waals surface area (Å²) in [5, 5.41) is 0.587. The Balaban J connectivity index is 1.93. The van der Waals surface area contributed by atoms with Crippen molar-refractivity contribution in [2.24, 2.45) is 7.05 Å². The van der Waals surface area contributed by atoms with Crippen molar-refractivity contribution >= 4 is 34.4 Å². The van der Waals surface area contributed by atoms with Crippen LogP contribution in [0.25, 0.3) is 10.9 Å². The van der Waals surface area contributed by atoms with Crippen LogP contribution in [0.15, 0.2) is 30.5 Å². The van der Waals surface area contributed by atoms with E-state index in [1.54, 1.807) is 35.9 Å². The molecular weight excluding hydrogens is 329 g/mol. The molecule has 1 fully saturated rings. The molecule has 6 nitrogen and oxygen atoms in total. The minimum atomic E-state index is -5.23. The predicted octanol–water partition coefficient (Wildman–Crippen LogP) is 1.92. The third-order valence-corrected chi connectivity index (χ3v) is 3.70. The molecule has 1 aromatic carbocycles. The molecule has 0 bridgehead atoms. The topological polar surface area (TPSA) is 68.6 Å². The minimum absolute atomic E-state index is 0.244. The van der Waals surface area contributed by atoms with Gasteiger partial charge in [-0.1, -0.05) is 18.2 Å². The SMILES string of the molecule is Cn1cc(N2C(=O)CC(OC(=O)C(F)(F)F)C2=O)c2ccccc21. The molecule has 0 radical (unpaired) electrons. The summed E-state index contributed by atoms with van der Waals surface area (Å²) in [6.07, 6.45) is -6.10. The first-order valence-corrected chi connectivity index (χ1v) is 6.89. The van der Waals surface area contributed by atoms with E-state index in [0.717, 1.165) is 10.4 Å². The first kappa shape index (κ1) is 16.0. The van der Waals surface area contributed by atoms with E-state index in [1.165, 1.54) is 6.20 Å². The van der Waals surface area contributed by atoms with E-state index in [1.807, 2.05) is 0 Å². The Morgan fingerprint density at radius 3 is 2.58 bits per heavy atom. The number of hydrogen-bond donors (Lipinski definition) is 0. The maximum absolute atomic E-state index is 12.3. The molecule has 2 amide bonds. The highest BCUT2D eigenvalue weighted by molar-refractivity contribution is 6.25. The zero-order chi connectivity index (χ0) is 17.6. The number of hydrogen-bond acceptors (Lipinski definition) is 4. The molecule has 126 valence electrons.